The van der Waals surface area contributed by atoms with Gasteiger partial charge in [0.05, 0.1) is 4.83 Å². The summed E-state index contributed by atoms with van der Waals surface area (Å²) >= 11 is 3.23. The van der Waals surface area contributed by atoms with E-state index in [0.717, 1.165) is 0 Å². The summed E-state index contributed by atoms with van der Waals surface area (Å²) in [5.41, 5.74) is 0.615. The molecule has 0 aliphatic rings. The number of ketones is 1. The van der Waals surface area contributed by atoms with Crippen molar-refractivity contribution in [1.29, 1.82) is 0 Å². The Bertz CT molecular complexity index is 415. The summed E-state index contributed by atoms with van der Waals surface area (Å²) in [6.07, 6.45) is 0. The second-order valence-electron chi connectivity index (χ2n) is 3.75. The van der Waals surface area contributed by atoms with E-state index in [0.29, 0.717) is 17.9 Å². The molecule has 0 aromatic heterocycles. The van der Waals surface area contributed by atoms with Crippen molar-refractivity contribution >= 4 is 27.6 Å². The SMILES string of the molecule is CCNC(=O)COc1ccc(C(=O)C(C)Br)cc1. The number of likely N-dealkylation sites (N-methyl/N-ethyl adjacent to an activating group) is 1. The Labute approximate surface area is 115 Å². The molecular formula is C13H16BrNO3. The number of halogens is 1. The summed E-state index contributed by atoms with van der Waals surface area (Å²) in [7, 11) is 0. The minimum Gasteiger partial charge on any atom is -0.484 e. The van der Waals surface area contributed by atoms with E-state index < -0.39 is 0 Å². The topological polar surface area (TPSA) is 55.4 Å². The summed E-state index contributed by atoms with van der Waals surface area (Å²) in [5.74, 6) is 0.428. The molecule has 1 aromatic carbocycles. The molecule has 18 heavy (non-hydrogen) atoms. The normalized spacial score (nSPS) is 11.7. The molecule has 1 rings (SSSR count). The van der Waals surface area contributed by atoms with Gasteiger partial charge in [0.15, 0.2) is 12.4 Å². The largest absolute Gasteiger partial charge is 0.484 e. The van der Waals surface area contributed by atoms with E-state index in [1.54, 1.807) is 31.2 Å². The first-order chi connectivity index (χ1) is 8.54. The number of benzene rings is 1. The Morgan fingerprint density at radius 2 is 1.94 bits per heavy atom. The Morgan fingerprint density at radius 3 is 2.44 bits per heavy atom. The molecule has 1 N–H and O–H groups in total. The van der Waals surface area contributed by atoms with Gasteiger partial charge in [-0.1, -0.05) is 15.9 Å². The van der Waals surface area contributed by atoms with Crippen LogP contribution in [0.2, 0.25) is 0 Å². The third-order valence-corrected chi connectivity index (χ3v) is 2.66. The van der Waals surface area contributed by atoms with E-state index in [1.807, 2.05) is 6.92 Å². The van der Waals surface area contributed by atoms with Crippen LogP contribution in [-0.2, 0) is 4.79 Å². The average molecular weight is 314 g/mol. The van der Waals surface area contributed by atoms with Crippen molar-refractivity contribution in [3.05, 3.63) is 29.8 Å². The number of rotatable bonds is 6. The molecule has 5 heteroatoms. The fraction of sp³-hybridized carbons (Fsp3) is 0.385. The fourth-order valence-corrected chi connectivity index (χ4v) is 1.61. The number of alkyl halides is 1. The zero-order valence-electron chi connectivity index (χ0n) is 10.4. The summed E-state index contributed by atoms with van der Waals surface area (Å²) in [5, 5.41) is 2.64. The molecule has 0 saturated heterocycles. The second kappa shape index (κ2) is 7.16. The van der Waals surface area contributed by atoms with E-state index in [4.69, 9.17) is 4.74 Å². The van der Waals surface area contributed by atoms with Gasteiger partial charge in [-0.3, -0.25) is 9.59 Å². The number of hydrogen-bond donors (Lipinski definition) is 1. The van der Waals surface area contributed by atoms with Gasteiger partial charge in [-0.15, -0.1) is 0 Å². The molecule has 4 nitrogen and oxygen atoms in total. The van der Waals surface area contributed by atoms with Gasteiger partial charge in [0.1, 0.15) is 5.75 Å². The lowest BCUT2D eigenvalue weighted by atomic mass is 10.1. The Balaban J connectivity index is 2.55. The number of amides is 1. The molecule has 1 unspecified atom stereocenters. The maximum atomic E-state index is 11.7. The monoisotopic (exact) mass is 313 g/mol. The Hall–Kier alpha value is -1.36. The molecule has 0 aliphatic heterocycles. The fourth-order valence-electron chi connectivity index (χ4n) is 1.34. The Kier molecular flexibility index (Phi) is 5.85. The van der Waals surface area contributed by atoms with Gasteiger partial charge in [0.25, 0.3) is 5.91 Å². The molecule has 0 radical (unpaired) electrons. The number of carbonyl (C=O) groups is 2. The van der Waals surface area contributed by atoms with Crippen molar-refractivity contribution in [2.75, 3.05) is 13.2 Å². The van der Waals surface area contributed by atoms with Crippen molar-refractivity contribution in [2.45, 2.75) is 18.7 Å². The van der Waals surface area contributed by atoms with Crippen LogP contribution in [-0.4, -0.2) is 29.7 Å². The van der Waals surface area contributed by atoms with Crippen molar-refractivity contribution < 1.29 is 14.3 Å². The molecule has 1 amide bonds. The van der Waals surface area contributed by atoms with Crippen molar-refractivity contribution in [3.63, 3.8) is 0 Å². The molecule has 0 fully saturated rings. The third-order valence-electron chi connectivity index (χ3n) is 2.24. The lowest BCUT2D eigenvalue weighted by Crippen LogP contribution is -2.28. The first-order valence-corrected chi connectivity index (χ1v) is 6.64. The highest BCUT2D eigenvalue weighted by Gasteiger charge is 2.11. The summed E-state index contributed by atoms with van der Waals surface area (Å²) in [6, 6.07) is 6.74. The molecule has 0 heterocycles. The zero-order chi connectivity index (χ0) is 13.5. The highest BCUT2D eigenvalue weighted by atomic mass is 79.9. The van der Waals surface area contributed by atoms with Crippen LogP contribution in [0.4, 0.5) is 0 Å². The second-order valence-corrected chi connectivity index (χ2v) is 5.12. The molecule has 0 spiro atoms. The van der Waals surface area contributed by atoms with Crippen LogP contribution >= 0.6 is 15.9 Å². The third kappa shape index (κ3) is 4.49. The molecular weight excluding hydrogens is 298 g/mol. The van der Waals surface area contributed by atoms with Gasteiger partial charge in [0.2, 0.25) is 0 Å². The molecule has 0 saturated carbocycles. The van der Waals surface area contributed by atoms with Crippen LogP contribution in [0.5, 0.6) is 5.75 Å². The number of ether oxygens (including phenoxy) is 1. The minimum atomic E-state index is -0.209. The summed E-state index contributed by atoms with van der Waals surface area (Å²) < 4.78 is 5.28. The Morgan fingerprint density at radius 1 is 1.33 bits per heavy atom. The van der Waals surface area contributed by atoms with Crippen molar-refractivity contribution in [1.82, 2.24) is 5.32 Å². The maximum absolute atomic E-state index is 11.7. The minimum absolute atomic E-state index is 0.0179. The van der Waals surface area contributed by atoms with Gasteiger partial charge >= 0.3 is 0 Å². The molecule has 0 bridgehead atoms. The first-order valence-electron chi connectivity index (χ1n) is 5.72. The number of hydrogen-bond acceptors (Lipinski definition) is 3. The molecule has 1 aromatic rings. The molecule has 0 aliphatic carbocycles. The first kappa shape index (κ1) is 14.7. The number of carbonyl (C=O) groups excluding carboxylic acids is 2. The van der Waals surface area contributed by atoms with E-state index in [1.165, 1.54) is 0 Å². The van der Waals surface area contributed by atoms with Gasteiger partial charge in [-0.05, 0) is 38.1 Å². The van der Waals surface area contributed by atoms with Crippen molar-refractivity contribution in [3.8, 4) is 5.75 Å². The average Bonchev–Trinajstić information content (AvgIpc) is 2.36. The highest BCUT2D eigenvalue weighted by Crippen LogP contribution is 2.15. The van der Waals surface area contributed by atoms with Crippen LogP contribution in [0.25, 0.3) is 0 Å². The lowest BCUT2D eigenvalue weighted by molar-refractivity contribution is -0.122. The van der Waals surface area contributed by atoms with E-state index >= 15 is 0 Å². The molecule has 98 valence electrons. The number of nitrogens with one attached hydrogen (secondary N) is 1. The lowest BCUT2D eigenvalue weighted by Gasteiger charge is -2.07. The quantitative estimate of drug-likeness (QED) is 0.647. The van der Waals surface area contributed by atoms with E-state index in [9.17, 15) is 9.59 Å². The van der Waals surface area contributed by atoms with Crippen LogP contribution < -0.4 is 10.1 Å². The van der Waals surface area contributed by atoms with E-state index in [-0.39, 0.29) is 23.1 Å². The van der Waals surface area contributed by atoms with Crippen LogP contribution in [0.15, 0.2) is 24.3 Å². The van der Waals surface area contributed by atoms with Gasteiger partial charge < -0.3 is 10.1 Å². The van der Waals surface area contributed by atoms with Crippen LogP contribution in [0, 0.1) is 0 Å². The van der Waals surface area contributed by atoms with Crippen molar-refractivity contribution in [2.24, 2.45) is 0 Å². The predicted octanol–water partition coefficient (Wildman–Crippen LogP) is 2.17. The van der Waals surface area contributed by atoms with Gasteiger partial charge in [0, 0.05) is 12.1 Å². The van der Waals surface area contributed by atoms with Gasteiger partial charge in [-0.2, -0.15) is 0 Å². The summed E-state index contributed by atoms with van der Waals surface area (Å²) in [4.78, 5) is 22.6. The standard InChI is InChI=1S/C13H16BrNO3/c1-3-15-12(16)8-18-11-6-4-10(5-7-11)13(17)9(2)14/h4-7,9H,3,8H2,1-2H3,(H,15,16). The predicted molar refractivity (Wildman–Crippen MR) is 73.3 cm³/mol. The van der Waals surface area contributed by atoms with E-state index in [2.05, 4.69) is 21.2 Å². The maximum Gasteiger partial charge on any atom is 0.257 e. The number of Topliss-reactive ketones (excluding diaryl/α,β-unsaturated/α-hetero) is 1. The smallest absolute Gasteiger partial charge is 0.257 e. The van der Waals surface area contributed by atoms with Crippen LogP contribution in [0.1, 0.15) is 24.2 Å². The van der Waals surface area contributed by atoms with Gasteiger partial charge in [-0.25, -0.2) is 0 Å². The molecule has 1 atom stereocenters. The highest BCUT2D eigenvalue weighted by molar-refractivity contribution is 9.10. The zero-order valence-corrected chi connectivity index (χ0v) is 12.0. The summed E-state index contributed by atoms with van der Waals surface area (Å²) in [6.45, 7) is 4.19. The van der Waals surface area contributed by atoms with Crippen LogP contribution in [0.3, 0.4) is 0 Å².